The number of unbranched alkanes of at least 4 members (excludes halogenated alkanes) is 1. The van der Waals surface area contributed by atoms with Crippen LogP contribution in [0.3, 0.4) is 0 Å². The van der Waals surface area contributed by atoms with Gasteiger partial charge in [0, 0.05) is 13.1 Å². The lowest BCUT2D eigenvalue weighted by atomic mass is 10.2. The van der Waals surface area contributed by atoms with Gasteiger partial charge < -0.3 is 10.1 Å². The van der Waals surface area contributed by atoms with E-state index in [0.29, 0.717) is 6.54 Å². The molecular weight excluding hydrogens is 200 g/mol. The molecule has 2 N–H and O–H groups in total. The number of carbonyl (C=O) groups is 1. The summed E-state index contributed by atoms with van der Waals surface area (Å²) in [5, 5.41) is 2.68. The van der Waals surface area contributed by atoms with Gasteiger partial charge in [0.2, 0.25) is 0 Å². The largest absolute Gasteiger partial charge is 0.444 e. The highest BCUT2D eigenvalue weighted by atomic mass is 32.1. The smallest absolute Gasteiger partial charge is 0.407 e. The van der Waals surface area contributed by atoms with E-state index in [1.165, 1.54) is 0 Å². The summed E-state index contributed by atoms with van der Waals surface area (Å²) < 4.78 is 7.81. The van der Waals surface area contributed by atoms with Gasteiger partial charge in [-0.05, 0) is 33.6 Å². The van der Waals surface area contributed by atoms with Crippen molar-refractivity contribution >= 4 is 18.9 Å². The van der Waals surface area contributed by atoms with E-state index in [0.717, 1.165) is 19.4 Å². The number of hydrogen-bond acceptors (Lipinski definition) is 4. The molecule has 0 heterocycles. The van der Waals surface area contributed by atoms with Gasteiger partial charge >= 0.3 is 6.09 Å². The SMILES string of the molecule is CC(C)(C)OC(=O)NCCCCNS. The summed E-state index contributed by atoms with van der Waals surface area (Å²) in [7, 11) is 0. The van der Waals surface area contributed by atoms with Crippen LogP contribution in [0, 0.1) is 0 Å². The topological polar surface area (TPSA) is 50.4 Å². The second kappa shape index (κ2) is 6.95. The number of alkyl carbamates (subject to hydrolysis) is 1. The highest BCUT2D eigenvalue weighted by Crippen LogP contribution is 2.06. The Balaban J connectivity index is 3.36. The number of rotatable bonds is 5. The van der Waals surface area contributed by atoms with Crippen molar-refractivity contribution in [2.75, 3.05) is 13.1 Å². The van der Waals surface area contributed by atoms with Crippen LogP contribution in [0.15, 0.2) is 0 Å². The lowest BCUT2D eigenvalue weighted by Gasteiger charge is -2.19. The maximum Gasteiger partial charge on any atom is 0.407 e. The van der Waals surface area contributed by atoms with Crippen LogP contribution in [0.4, 0.5) is 4.79 Å². The number of nitrogens with one attached hydrogen (secondary N) is 2. The average molecular weight is 220 g/mol. The van der Waals surface area contributed by atoms with Crippen LogP contribution in [0.1, 0.15) is 33.6 Å². The molecule has 0 fully saturated rings. The normalized spacial score (nSPS) is 11.1. The number of amides is 1. The molecule has 0 rings (SSSR count). The van der Waals surface area contributed by atoms with E-state index in [1.54, 1.807) is 0 Å². The Morgan fingerprint density at radius 3 is 2.36 bits per heavy atom. The van der Waals surface area contributed by atoms with Crippen molar-refractivity contribution in [2.45, 2.75) is 39.2 Å². The third kappa shape index (κ3) is 9.67. The molecule has 0 aromatic carbocycles. The molecule has 0 bridgehead atoms. The minimum absolute atomic E-state index is 0.351. The molecule has 0 unspecified atom stereocenters. The van der Waals surface area contributed by atoms with Crippen LogP contribution in [-0.2, 0) is 4.74 Å². The predicted octanol–water partition coefficient (Wildman–Crippen LogP) is 1.73. The third-order valence-electron chi connectivity index (χ3n) is 1.38. The molecule has 0 aromatic rings. The van der Waals surface area contributed by atoms with Crippen LogP contribution in [0.5, 0.6) is 0 Å². The van der Waals surface area contributed by atoms with E-state index in [1.807, 2.05) is 20.8 Å². The maximum absolute atomic E-state index is 11.1. The summed E-state index contributed by atoms with van der Waals surface area (Å²) >= 11 is 3.86. The molecule has 0 saturated carbocycles. The molecule has 0 aliphatic rings. The molecule has 84 valence electrons. The first-order chi connectivity index (χ1) is 6.45. The van der Waals surface area contributed by atoms with Gasteiger partial charge in [0.25, 0.3) is 0 Å². The molecule has 5 heteroatoms. The second-order valence-electron chi connectivity index (χ2n) is 4.04. The van der Waals surface area contributed by atoms with Crippen LogP contribution < -0.4 is 10.0 Å². The quantitative estimate of drug-likeness (QED) is 0.488. The number of carbonyl (C=O) groups excluding carboxylic acids is 1. The summed E-state index contributed by atoms with van der Waals surface area (Å²) in [6.07, 6.45) is 1.56. The molecule has 4 nitrogen and oxygen atoms in total. The van der Waals surface area contributed by atoms with Crippen molar-refractivity contribution in [2.24, 2.45) is 0 Å². The first-order valence-corrected chi connectivity index (χ1v) is 5.24. The Labute approximate surface area is 91.3 Å². The van der Waals surface area contributed by atoms with E-state index >= 15 is 0 Å². The van der Waals surface area contributed by atoms with Crippen molar-refractivity contribution in [3.8, 4) is 0 Å². The van der Waals surface area contributed by atoms with Gasteiger partial charge in [-0.1, -0.05) is 12.8 Å². The van der Waals surface area contributed by atoms with Crippen LogP contribution in [0.25, 0.3) is 0 Å². The minimum atomic E-state index is -0.420. The van der Waals surface area contributed by atoms with Crippen LogP contribution in [0.2, 0.25) is 0 Å². The molecule has 0 aliphatic carbocycles. The fourth-order valence-corrected chi connectivity index (χ4v) is 0.992. The van der Waals surface area contributed by atoms with Gasteiger partial charge in [-0.2, -0.15) is 0 Å². The van der Waals surface area contributed by atoms with Crippen LogP contribution >= 0.6 is 12.8 Å². The van der Waals surface area contributed by atoms with E-state index in [4.69, 9.17) is 4.74 Å². The van der Waals surface area contributed by atoms with Crippen molar-refractivity contribution in [1.29, 1.82) is 0 Å². The summed E-state index contributed by atoms with van der Waals surface area (Å²) in [4.78, 5) is 11.1. The second-order valence-corrected chi connectivity index (χ2v) is 4.36. The van der Waals surface area contributed by atoms with Gasteiger partial charge in [0.15, 0.2) is 0 Å². The maximum atomic E-state index is 11.1. The first kappa shape index (κ1) is 13.6. The van der Waals surface area contributed by atoms with Gasteiger partial charge in [-0.3, -0.25) is 4.72 Å². The van der Waals surface area contributed by atoms with Crippen molar-refractivity contribution < 1.29 is 9.53 Å². The lowest BCUT2D eigenvalue weighted by Crippen LogP contribution is -2.33. The fraction of sp³-hybridized carbons (Fsp3) is 0.889. The Kier molecular flexibility index (Phi) is 6.74. The van der Waals surface area contributed by atoms with Crippen molar-refractivity contribution in [3.05, 3.63) is 0 Å². The molecule has 0 aliphatic heterocycles. The number of ether oxygens (including phenoxy) is 1. The monoisotopic (exact) mass is 220 g/mol. The summed E-state index contributed by atoms with van der Waals surface area (Å²) in [6.45, 7) is 7.02. The van der Waals surface area contributed by atoms with Gasteiger partial charge in [0.1, 0.15) is 5.60 Å². The average Bonchev–Trinajstić information content (AvgIpc) is 2.00. The zero-order valence-corrected chi connectivity index (χ0v) is 9.99. The number of thiol groups is 1. The molecule has 0 atom stereocenters. The van der Waals surface area contributed by atoms with Crippen LogP contribution in [-0.4, -0.2) is 24.8 Å². The summed E-state index contributed by atoms with van der Waals surface area (Å²) in [6, 6.07) is 0. The molecule has 14 heavy (non-hydrogen) atoms. The Bertz CT molecular complexity index is 169. The Morgan fingerprint density at radius 2 is 1.86 bits per heavy atom. The van der Waals surface area contributed by atoms with E-state index in [2.05, 4.69) is 22.9 Å². The first-order valence-electron chi connectivity index (χ1n) is 4.79. The lowest BCUT2D eigenvalue weighted by molar-refractivity contribution is 0.0527. The van der Waals surface area contributed by atoms with E-state index in [-0.39, 0.29) is 6.09 Å². The van der Waals surface area contributed by atoms with E-state index in [9.17, 15) is 4.79 Å². The fourth-order valence-electron chi connectivity index (χ4n) is 0.834. The summed E-state index contributed by atoms with van der Waals surface area (Å²) in [5.41, 5.74) is -0.420. The Morgan fingerprint density at radius 1 is 1.29 bits per heavy atom. The predicted molar refractivity (Wildman–Crippen MR) is 60.5 cm³/mol. The zero-order valence-electron chi connectivity index (χ0n) is 9.09. The zero-order chi connectivity index (χ0) is 11.0. The highest BCUT2D eigenvalue weighted by molar-refractivity contribution is 7.78. The van der Waals surface area contributed by atoms with E-state index < -0.39 is 5.60 Å². The molecular formula is C9H20N2O2S. The molecule has 1 amide bonds. The molecule has 0 aromatic heterocycles. The summed E-state index contributed by atoms with van der Waals surface area (Å²) in [5.74, 6) is 0. The Hall–Kier alpha value is -0.420. The molecule has 0 spiro atoms. The van der Waals surface area contributed by atoms with Gasteiger partial charge in [0.05, 0.1) is 0 Å². The van der Waals surface area contributed by atoms with Gasteiger partial charge in [-0.15, -0.1) is 0 Å². The third-order valence-corrected chi connectivity index (χ3v) is 1.61. The van der Waals surface area contributed by atoms with Gasteiger partial charge in [-0.25, -0.2) is 4.79 Å². The standard InChI is InChI=1S/C9H20N2O2S/c1-9(2,3)13-8(12)10-6-4-5-7-11-14/h11,14H,4-7H2,1-3H3,(H,10,12). The van der Waals surface area contributed by atoms with Crippen molar-refractivity contribution in [3.63, 3.8) is 0 Å². The minimum Gasteiger partial charge on any atom is -0.444 e. The molecule has 0 radical (unpaired) electrons. The number of hydrogen-bond donors (Lipinski definition) is 3. The molecule has 0 saturated heterocycles. The van der Waals surface area contributed by atoms with Crippen molar-refractivity contribution in [1.82, 2.24) is 10.0 Å². The highest BCUT2D eigenvalue weighted by Gasteiger charge is 2.15.